The van der Waals surface area contributed by atoms with Crippen LogP contribution in [0.2, 0.25) is 0 Å². The summed E-state index contributed by atoms with van der Waals surface area (Å²) in [7, 11) is 0. The van der Waals surface area contributed by atoms with E-state index < -0.39 is 5.60 Å². The van der Waals surface area contributed by atoms with Gasteiger partial charge in [0.05, 0.1) is 11.5 Å². The fourth-order valence-corrected chi connectivity index (χ4v) is 6.20. The molecule has 3 heterocycles. The van der Waals surface area contributed by atoms with E-state index in [9.17, 15) is 9.90 Å². The number of piperidine rings is 2. The van der Waals surface area contributed by atoms with Gasteiger partial charge in [0.25, 0.3) is 0 Å². The van der Waals surface area contributed by atoms with Gasteiger partial charge >= 0.3 is 0 Å². The highest BCUT2D eigenvalue weighted by atomic mass is 16.3. The van der Waals surface area contributed by atoms with Gasteiger partial charge in [0, 0.05) is 37.8 Å². The number of aliphatic hydroxyl groups is 1. The van der Waals surface area contributed by atoms with E-state index in [4.69, 9.17) is 0 Å². The van der Waals surface area contributed by atoms with E-state index in [-0.39, 0.29) is 23.8 Å². The molecule has 5 rings (SSSR count). The number of anilines is 1. The van der Waals surface area contributed by atoms with Crippen LogP contribution in [-0.2, 0) is 10.4 Å². The molecule has 5 heteroatoms. The van der Waals surface area contributed by atoms with Crippen LogP contribution in [0.15, 0.2) is 54.7 Å². The van der Waals surface area contributed by atoms with Gasteiger partial charge in [-0.05, 0) is 49.8 Å². The molecular formula is C26H33N3O2. The molecule has 1 aromatic heterocycles. The Labute approximate surface area is 185 Å². The molecule has 4 unspecified atom stereocenters. The number of nitrogens with zero attached hydrogens (tertiary/aromatic N) is 3. The van der Waals surface area contributed by atoms with E-state index in [1.807, 2.05) is 42.6 Å². The number of carbonyl (C=O) groups excluding carboxylic acids is 1. The van der Waals surface area contributed by atoms with Crippen molar-refractivity contribution in [3.63, 3.8) is 0 Å². The molecule has 0 bridgehead atoms. The summed E-state index contributed by atoms with van der Waals surface area (Å²) in [6, 6.07) is 16.2. The first-order chi connectivity index (χ1) is 15.2. The maximum absolute atomic E-state index is 13.7. The highest BCUT2D eigenvalue weighted by Crippen LogP contribution is 2.47. The van der Waals surface area contributed by atoms with Crippen molar-refractivity contribution in [3.05, 3.63) is 60.3 Å². The number of amides is 1. The number of hydrogen-bond acceptors (Lipinski definition) is 4. The maximum atomic E-state index is 13.7. The average Bonchev–Trinajstić information content (AvgIpc) is 2.85. The Balaban J connectivity index is 1.35. The van der Waals surface area contributed by atoms with Crippen LogP contribution >= 0.6 is 0 Å². The quantitative estimate of drug-likeness (QED) is 0.818. The number of aromatic nitrogens is 1. The van der Waals surface area contributed by atoms with Crippen molar-refractivity contribution in [2.75, 3.05) is 24.5 Å². The van der Waals surface area contributed by atoms with Gasteiger partial charge in [-0.3, -0.25) is 4.79 Å². The third-order valence-corrected chi connectivity index (χ3v) is 7.78. The summed E-state index contributed by atoms with van der Waals surface area (Å²) in [6.45, 7) is 2.35. The minimum absolute atomic E-state index is 0.0150. The van der Waals surface area contributed by atoms with Crippen molar-refractivity contribution in [1.82, 2.24) is 9.88 Å². The van der Waals surface area contributed by atoms with E-state index in [0.717, 1.165) is 63.0 Å². The molecule has 0 radical (unpaired) electrons. The van der Waals surface area contributed by atoms with Crippen LogP contribution in [0.5, 0.6) is 0 Å². The molecule has 0 spiro atoms. The lowest BCUT2D eigenvalue weighted by Crippen LogP contribution is -2.60. The van der Waals surface area contributed by atoms with Gasteiger partial charge in [0.1, 0.15) is 5.82 Å². The van der Waals surface area contributed by atoms with E-state index in [1.165, 1.54) is 0 Å². The van der Waals surface area contributed by atoms with Gasteiger partial charge in [-0.25, -0.2) is 4.98 Å². The van der Waals surface area contributed by atoms with Crippen molar-refractivity contribution < 1.29 is 9.90 Å². The predicted octanol–water partition coefficient (Wildman–Crippen LogP) is 3.98. The molecular weight excluding hydrogens is 386 g/mol. The molecule has 1 aliphatic carbocycles. The lowest BCUT2D eigenvalue weighted by molar-refractivity contribution is -0.158. The third-order valence-electron chi connectivity index (χ3n) is 7.78. The van der Waals surface area contributed by atoms with E-state index >= 15 is 0 Å². The van der Waals surface area contributed by atoms with Crippen molar-refractivity contribution in [3.8, 4) is 0 Å². The first-order valence-corrected chi connectivity index (χ1v) is 11.9. The number of hydrogen-bond donors (Lipinski definition) is 1. The molecule has 4 atom stereocenters. The Hall–Kier alpha value is -2.40. The zero-order chi connectivity index (χ0) is 21.3. The second-order valence-corrected chi connectivity index (χ2v) is 9.50. The smallest absolute Gasteiger partial charge is 0.227 e. The Kier molecular flexibility index (Phi) is 5.70. The Morgan fingerprint density at radius 2 is 1.77 bits per heavy atom. The fourth-order valence-electron chi connectivity index (χ4n) is 6.20. The van der Waals surface area contributed by atoms with Gasteiger partial charge in [0.2, 0.25) is 5.91 Å². The molecule has 1 aromatic carbocycles. The van der Waals surface area contributed by atoms with Crippen LogP contribution in [0.25, 0.3) is 0 Å². The van der Waals surface area contributed by atoms with Crippen LogP contribution in [0.4, 0.5) is 5.82 Å². The number of rotatable bonds is 3. The highest BCUT2D eigenvalue weighted by molar-refractivity contribution is 5.80. The second-order valence-electron chi connectivity index (χ2n) is 9.50. The molecule has 5 nitrogen and oxygen atoms in total. The molecule has 3 aliphatic rings. The summed E-state index contributed by atoms with van der Waals surface area (Å²) < 4.78 is 0. The third kappa shape index (κ3) is 3.84. The van der Waals surface area contributed by atoms with Gasteiger partial charge < -0.3 is 14.9 Å². The van der Waals surface area contributed by atoms with Crippen LogP contribution in [0, 0.1) is 11.8 Å². The number of likely N-dealkylation sites (tertiary alicyclic amines) is 1. The lowest BCUT2D eigenvalue weighted by atomic mass is 9.66. The summed E-state index contributed by atoms with van der Waals surface area (Å²) in [5.41, 5.74) is 0.188. The largest absolute Gasteiger partial charge is 0.385 e. The molecule has 31 heavy (non-hydrogen) atoms. The van der Waals surface area contributed by atoms with E-state index in [0.29, 0.717) is 13.0 Å². The standard InChI is InChI=1S/C26H33N3O2/c30-25(20-9-8-17-28(19-20)24-14-6-7-16-27-24)29-18-15-26(31,21-10-2-1-3-11-21)22-12-4-5-13-23(22)29/h1-3,6-7,10-11,14,16,20,22-23,31H,4-5,8-9,12-13,15,17-19H2. The number of carbonyl (C=O) groups is 1. The summed E-state index contributed by atoms with van der Waals surface area (Å²) in [5, 5.41) is 11.8. The molecule has 3 fully saturated rings. The van der Waals surface area contributed by atoms with Crippen LogP contribution in [0.1, 0.15) is 50.5 Å². The van der Waals surface area contributed by atoms with Crippen LogP contribution in [0.3, 0.4) is 0 Å². The number of pyridine rings is 1. The van der Waals surface area contributed by atoms with Crippen LogP contribution in [-0.4, -0.2) is 46.6 Å². The molecule has 2 aliphatic heterocycles. The van der Waals surface area contributed by atoms with Gasteiger partial charge in [0.15, 0.2) is 0 Å². The number of fused-ring (bicyclic) bond motifs is 1. The Morgan fingerprint density at radius 3 is 2.58 bits per heavy atom. The minimum atomic E-state index is -0.824. The molecule has 164 valence electrons. The summed E-state index contributed by atoms with van der Waals surface area (Å²) >= 11 is 0. The van der Waals surface area contributed by atoms with Crippen molar-refractivity contribution in [1.29, 1.82) is 0 Å². The maximum Gasteiger partial charge on any atom is 0.227 e. The fraction of sp³-hybridized carbons (Fsp3) is 0.538. The first-order valence-electron chi connectivity index (χ1n) is 11.9. The summed E-state index contributed by atoms with van der Waals surface area (Å²) in [5.74, 6) is 1.39. The van der Waals surface area contributed by atoms with Gasteiger partial charge in [-0.2, -0.15) is 0 Å². The van der Waals surface area contributed by atoms with Crippen molar-refractivity contribution in [2.24, 2.45) is 11.8 Å². The monoisotopic (exact) mass is 419 g/mol. The summed E-state index contributed by atoms with van der Waals surface area (Å²) in [4.78, 5) is 22.6. The van der Waals surface area contributed by atoms with E-state index in [2.05, 4.69) is 26.9 Å². The number of benzene rings is 1. The molecule has 1 N–H and O–H groups in total. The van der Waals surface area contributed by atoms with Crippen LogP contribution < -0.4 is 4.90 Å². The second kappa shape index (κ2) is 8.62. The average molecular weight is 420 g/mol. The Bertz CT molecular complexity index is 890. The summed E-state index contributed by atoms with van der Waals surface area (Å²) in [6.07, 6.45) is 8.67. The van der Waals surface area contributed by atoms with Crippen molar-refractivity contribution in [2.45, 2.75) is 56.6 Å². The predicted molar refractivity (Wildman–Crippen MR) is 122 cm³/mol. The van der Waals surface area contributed by atoms with E-state index in [1.54, 1.807) is 0 Å². The topological polar surface area (TPSA) is 56.7 Å². The molecule has 1 amide bonds. The first kappa shape index (κ1) is 20.5. The van der Waals surface area contributed by atoms with Gasteiger partial charge in [-0.1, -0.05) is 49.2 Å². The SMILES string of the molecule is O=C(C1CCCN(c2ccccn2)C1)N1CCC(O)(c2ccccc2)C2CCCCC21. The molecule has 2 saturated heterocycles. The minimum Gasteiger partial charge on any atom is -0.385 e. The Morgan fingerprint density at radius 1 is 0.968 bits per heavy atom. The molecule has 2 aromatic rings. The lowest BCUT2D eigenvalue weighted by Gasteiger charge is -2.53. The highest BCUT2D eigenvalue weighted by Gasteiger charge is 2.51. The zero-order valence-electron chi connectivity index (χ0n) is 18.2. The molecule has 1 saturated carbocycles. The van der Waals surface area contributed by atoms with Gasteiger partial charge in [-0.15, -0.1) is 0 Å². The zero-order valence-corrected chi connectivity index (χ0v) is 18.2. The van der Waals surface area contributed by atoms with Crippen molar-refractivity contribution >= 4 is 11.7 Å². The normalized spacial score (nSPS) is 31.2.